The molecule has 1 unspecified atom stereocenters. The molecule has 3 nitrogen and oxygen atoms in total. The summed E-state index contributed by atoms with van der Waals surface area (Å²) in [5, 5.41) is 2.33. The predicted molar refractivity (Wildman–Crippen MR) is 86.3 cm³/mol. The minimum Gasteiger partial charge on any atom is -0.325 e. The van der Waals surface area contributed by atoms with E-state index in [9.17, 15) is 31.1 Å². The van der Waals surface area contributed by atoms with Crippen LogP contribution in [-0.4, -0.2) is 42.3 Å². The van der Waals surface area contributed by atoms with Crippen LogP contribution in [0.5, 0.6) is 0 Å². The topological polar surface area (TPSA) is 32.3 Å². The van der Waals surface area contributed by atoms with Crippen molar-refractivity contribution in [2.45, 2.75) is 51.1 Å². The van der Waals surface area contributed by atoms with Gasteiger partial charge in [-0.2, -0.15) is 26.3 Å². The summed E-state index contributed by atoms with van der Waals surface area (Å²) in [6.45, 7) is 3.22. The van der Waals surface area contributed by atoms with Gasteiger partial charge >= 0.3 is 12.4 Å². The number of rotatable bonds is 2. The molecule has 0 radical (unpaired) electrons. The minimum absolute atomic E-state index is 0.201. The standard InChI is InChI=1S/C18H20F6N2O/c1-8(2)13-14(18(22,23)24)15-11(6-12(27)25-15)10-5-4-9(7-17(19,20)21)26(3)16(10)13/h4-5,8-9,13,16H,6-7H2,1-3H3,(H,25,27)/t9-,13?,16-/m0/s1. The lowest BCUT2D eigenvalue weighted by Gasteiger charge is -2.47. The van der Waals surface area contributed by atoms with Gasteiger partial charge in [-0.1, -0.05) is 26.0 Å². The van der Waals surface area contributed by atoms with Crippen LogP contribution in [0.2, 0.25) is 0 Å². The average Bonchev–Trinajstić information content (AvgIpc) is 2.86. The number of carbonyl (C=O) groups excluding carboxylic acids is 1. The number of allylic oxidation sites excluding steroid dienone is 1. The van der Waals surface area contributed by atoms with Gasteiger partial charge in [0.05, 0.1) is 24.1 Å². The number of likely N-dealkylation sites (N-methyl/N-ethyl adjacent to an activating group) is 1. The Morgan fingerprint density at radius 2 is 1.85 bits per heavy atom. The summed E-state index contributed by atoms with van der Waals surface area (Å²) >= 11 is 0. The summed E-state index contributed by atoms with van der Waals surface area (Å²) < 4.78 is 80.5. The van der Waals surface area contributed by atoms with Crippen LogP contribution in [0.25, 0.3) is 0 Å². The van der Waals surface area contributed by atoms with Crippen molar-refractivity contribution in [2.24, 2.45) is 11.8 Å². The van der Waals surface area contributed by atoms with Gasteiger partial charge in [0.2, 0.25) is 5.91 Å². The van der Waals surface area contributed by atoms with Crippen LogP contribution in [0.15, 0.2) is 34.6 Å². The van der Waals surface area contributed by atoms with Crippen molar-refractivity contribution in [2.75, 3.05) is 7.05 Å². The van der Waals surface area contributed by atoms with Gasteiger partial charge in [0.15, 0.2) is 0 Å². The second-order valence-electron chi connectivity index (χ2n) is 7.57. The van der Waals surface area contributed by atoms with Crippen molar-refractivity contribution < 1.29 is 31.1 Å². The first kappa shape index (κ1) is 20.0. The van der Waals surface area contributed by atoms with Crippen molar-refractivity contribution in [3.8, 4) is 0 Å². The average molecular weight is 394 g/mol. The number of hydrogen-bond donors (Lipinski definition) is 1. The molecule has 2 aliphatic heterocycles. The van der Waals surface area contributed by atoms with Crippen molar-refractivity contribution >= 4 is 5.91 Å². The molecule has 0 bridgehead atoms. The van der Waals surface area contributed by atoms with E-state index in [1.54, 1.807) is 13.8 Å². The molecule has 9 heteroatoms. The fourth-order valence-corrected chi connectivity index (χ4v) is 4.39. The molecule has 0 saturated carbocycles. The van der Waals surface area contributed by atoms with Crippen LogP contribution in [0.4, 0.5) is 26.3 Å². The number of halogens is 6. The molecule has 0 aromatic rings. The zero-order valence-corrected chi connectivity index (χ0v) is 15.0. The van der Waals surface area contributed by atoms with E-state index >= 15 is 0 Å². The lowest BCUT2D eigenvalue weighted by atomic mass is 9.70. The van der Waals surface area contributed by atoms with Gasteiger partial charge in [-0.25, -0.2) is 0 Å². The molecule has 27 heavy (non-hydrogen) atoms. The number of nitrogens with zero attached hydrogens (tertiary/aromatic N) is 1. The Hall–Kier alpha value is -1.77. The molecule has 150 valence electrons. The van der Waals surface area contributed by atoms with Crippen LogP contribution in [0.3, 0.4) is 0 Å². The van der Waals surface area contributed by atoms with E-state index in [1.165, 1.54) is 24.1 Å². The fourth-order valence-electron chi connectivity index (χ4n) is 4.39. The smallest absolute Gasteiger partial charge is 0.325 e. The van der Waals surface area contributed by atoms with Crippen molar-refractivity contribution in [1.29, 1.82) is 0 Å². The third-order valence-corrected chi connectivity index (χ3v) is 5.44. The van der Waals surface area contributed by atoms with Crippen LogP contribution in [0, 0.1) is 11.8 Å². The maximum Gasteiger partial charge on any atom is 0.415 e. The molecule has 1 amide bonds. The highest BCUT2D eigenvalue weighted by Crippen LogP contribution is 2.50. The third-order valence-electron chi connectivity index (χ3n) is 5.44. The molecule has 1 saturated heterocycles. The third kappa shape index (κ3) is 3.53. The zero-order chi connectivity index (χ0) is 20.3. The van der Waals surface area contributed by atoms with Crippen molar-refractivity contribution in [3.05, 3.63) is 34.6 Å². The predicted octanol–water partition coefficient (Wildman–Crippen LogP) is 4.10. The zero-order valence-electron chi connectivity index (χ0n) is 15.0. The molecule has 3 aliphatic rings. The van der Waals surface area contributed by atoms with E-state index in [-0.39, 0.29) is 17.7 Å². The molecule has 0 spiro atoms. The molecule has 3 atom stereocenters. The lowest BCUT2D eigenvalue weighted by molar-refractivity contribution is -0.146. The van der Waals surface area contributed by atoms with E-state index in [1.807, 2.05) is 0 Å². The molecule has 3 rings (SSSR count). The second-order valence-corrected chi connectivity index (χ2v) is 7.57. The highest BCUT2D eigenvalue weighted by molar-refractivity contribution is 5.88. The maximum atomic E-state index is 13.9. The van der Waals surface area contributed by atoms with Crippen LogP contribution < -0.4 is 5.32 Å². The van der Waals surface area contributed by atoms with Gasteiger partial charge in [-0.3, -0.25) is 9.69 Å². The molecule has 1 fully saturated rings. The van der Waals surface area contributed by atoms with Gasteiger partial charge in [0, 0.05) is 18.0 Å². The first-order valence-corrected chi connectivity index (χ1v) is 8.62. The normalized spacial score (nSPS) is 29.4. The SMILES string of the molecule is CC(C)C1C(C(F)(F)F)=C2NC(=O)CC2=C2C=C[C@@H](CC(F)(F)F)N(C)[C@@H]21. The van der Waals surface area contributed by atoms with Crippen molar-refractivity contribution in [1.82, 2.24) is 10.2 Å². The first-order valence-electron chi connectivity index (χ1n) is 8.62. The Labute approximate surface area is 152 Å². The minimum atomic E-state index is -4.69. The van der Waals surface area contributed by atoms with E-state index < -0.39 is 54.2 Å². The van der Waals surface area contributed by atoms with E-state index in [0.29, 0.717) is 5.57 Å². The number of fused-ring (bicyclic) bond motifs is 2. The van der Waals surface area contributed by atoms with Crippen LogP contribution in [-0.2, 0) is 4.79 Å². The number of alkyl halides is 6. The summed E-state index contributed by atoms with van der Waals surface area (Å²) in [5.74, 6) is -2.11. The number of hydrogen-bond acceptors (Lipinski definition) is 2. The van der Waals surface area contributed by atoms with Gasteiger partial charge in [-0.05, 0) is 24.1 Å². The quantitative estimate of drug-likeness (QED) is 0.716. The Morgan fingerprint density at radius 1 is 1.22 bits per heavy atom. The maximum absolute atomic E-state index is 13.9. The van der Waals surface area contributed by atoms with Crippen LogP contribution >= 0.6 is 0 Å². The highest BCUT2D eigenvalue weighted by Gasteiger charge is 2.53. The number of nitrogens with one attached hydrogen (secondary N) is 1. The fraction of sp³-hybridized carbons (Fsp3) is 0.611. The molecular weight excluding hydrogens is 374 g/mol. The Kier molecular flexibility index (Phi) is 4.73. The first-order chi connectivity index (χ1) is 12.3. The number of carbonyl (C=O) groups is 1. The van der Waals surface area contributed by atoms with Gasteiger partial charge in [0.25, 0.3) is 0 Å². The summed E-state index contributed by atoms with van der Waals surface area (Å²) in [4.78, 5) is 13.2. The largest absolute Gasteiger partial charge is 0.415 e. The molecular formula is C18H20F6N2O. The van der Waals surface area contributed by atoms with Gasteiger partial charge in [-0.15, -0.1) is 0 Å². The Balaban J connectivity index is 2.18. The van der Waals surface area contributed by atoms with E-state index in [4.69, 9.17) is 0 Å². The molecule has 0 aromatic heterocycles. The summed E-state index contributed by atoms with van der Waals surface area (Å²) in [7, 11) is 1.42. The molecule has 1 aliphatic carbocycles. The Bertz CT molecular complexity index is 744. The summed E-state index contributed by atoms with van der Waals surface area (Å²) in [6.07, 6.45) is -7.64. The van der Waals surface area contributed by atoms with E-state index in [0.717, 1.165) is 0 Å². The van der Waals surface area contributed by atoms with Crippen LogP contribution in [0.1, 0.15) is 26.7 Å². The number of amides is 1. The molecule has 1 N–H and O–H groups in total. The van der Waals surface area contributed by atoms with E-state index in [2.05, 4.69) is 5.32 Å². The lowest BCUT2D eigenvalue weighted by Crippen LogP contribution is -2.53. The second kappa shape index (κ2) is 6.39. The highest BCUT2D eigenvalue weighted by atomic mass is 19.4. The van der Waals surface area contributed by atoms with Gasteiger partial charge in [0.1, 0.15) is 0 Å². The molecule has 2 heterocycles. The Morgan fingerprint density at radius 3 is 2.37 bits per heavy atom. The summed E-state index contributed by atoms with van der Waals surface area (Å²) in [6, 6.07) is -1.92. The summed E-state index contributed by atoms with van der Waals surface area (Å²) in [5.41, 5.74) is -0.330. The monoisotopic (exact) mass is 394 g/mol. The van der Waals surface area contributed by atoms with Crippen molar-refractivity contribution in [3.63, 3.8) is 0 Å². The molecule has 0 aromatic carbocycles. The van der Waals surface area contributed by atoms with Gasteiger partial charge < -0.3 is 5.32 Å².